The number of carbonyl (C=O) groups is 1. The highest BCUT2D eigenvalue weighted by Gasteiger charge is 2.21. The number of nitrogens with zero attached hydrogens (tertiary/aromatic N) is 4. The van der Waals surface area contributed by atoms with Gasteiger partial charge in [0.1, 0.15) is 21.9 Å². The lowest BCUT2D eigenvalue weighted by atomic mass is 10.1. The van der Waals surface area contributed by atoms with Crippen LogP contribution in [0.25, 0.3) is 10.2 Å². The molecule has 126 valence electrons. The van der Waals surface area contributed by atoms with E-state index in [1.165, 1.54) is 6.33 Å². The Bertz CT molecular complexity index is 888. The standard InChI is InChI=1S/C15H17N5O3S/c1-8-11-13(16-7-17-14(11)24-12(8)15(21)22)19-9(6-23-3)10-4-5-18-20(10)2/h4-5,7,9H,6H2,1-3H3,(H,21,22)(H,16,17,19)/t9-/m1/s1. The van der Waals surface area contributed by atoms with Crippen LogP contribution in [0.15, 0.2) is 18.6 Å². The number of anilines is 1. The first-order valence-corrected chi connectivity index (χ1v) is 8.05. The van der Waals surface area contributed by atoms with Crippen LogP contribution in [0.5, 0.6) is 0 Å². The summed E-state index contributed by atoms with van der Waals surface area (Å²) in [6.07, 6.45) is 3.15. The summed E-state index contributed by atoms with van der Waals surface area (Å²) < 4.78 is 7.06. The van der Waals surface area contributed by atoms with Gasteiger partial charge in [-0.05, 0) is 18.6 Å². The average Bonchev–Trinajstić information content (AvgIpc) is 3.11. The maximum Gasteiger partial charge on any atom is 0.346 e. The lowest BCUT2D eigenvalue weighted by Gasteiger charge is -2.19. The number of thiophene rings is 1. The van der Waals surface area contributed by atoms with Gasteiger partial charge in [-0.2, -0.15) is 5.10 Å². The topological polar surface area (TPSA) is 102 Å². The minimum Gasteiger partial charge on any atom is -0.477 e. The quantitative estimate of drug-likeness (QED) is 0.705. The lowest BCUT2D eigenvalue weighted by molar-refractivity contribution is 0.0701. The van der Waals surface area contributed by atoms with Gasteiger partial charge in [-0.1, -0.05) is 0 Å². The molecule has 0 saturated carbocycles. The number of ether oxygens (including phenoxy) is 1. The highest BCUT2D eigenvalue weighted by atomic mass is 32.1. The SMILES string of the molecule is COC[C@@H](Nc1ncnc2sc(C(=O)O)c(C)c12)c1ccnn1C. The van der Waals surface area contributed by atoms with Gasteiger partial charge in [-0.3, -0.25) is 4.68 Å². The molecule has 1 atom stereocenters. The van der Waals surface area contributed by atoms with E-state index in [1.54, 1.807) is 24.9 Å². The van der Waals surface area contributed by atoms with E-state index in [9.17, 15) is 9.90 Å². The summed E-state index contributed by atoms with van der Waals surface area (Å²) in [6, 6.07) is 1.73. The third-order valence-electron chi connectivity index (χ3n) is 3.78. The summed E-state index contributed by atoms with van der Waals surface area (Å²) in [5, 5.41) is 17.6. The average molecular weight is 347 g/mol. The molecule has 0 aliphatic carbocycles. The zero-order chi connectivity index (χ0) is 17.3. The second-order valence-electron chi connectivity index (χ2n) is 5.30. The maximum atomic E-state index is 11.4. The molecule has 0 aromatic carbocycles. The molecule has 3 aromatic rings. The van der Waals surface area contributed by atoms with Crippen molar-refractivity contribution in [1.82, 2.24) is 19.7 Å². The number of fused-ring (bicyclic) bond motifs is 1. The first-order chi connectivity index (χ1) is 11.5. The van der Waals surface area contributed by atoms with E-state index in [0.717, 1.165) is 22.4 Å². The molecule has 0 aliphatic rings. The second kappa shape index (κ2) is 6.54. The molecule has 0 amide bonds. The number of aromatic carboxylic acids is 1. The van der Waals surface area contributed by atoms with Crippen molar-refractivity contribution in [3.8, 4) is 0 Å². The fourth-order valence-corrected chi connectivity index (χ4v) is 3.63. The molecular weight excluding hydrogens is 330 g/mol. The van der Waals surface area contributed by atoms with Crippen LogP contribution in [-0.4, -0.2) is 44.5 Å². The molecule has 3 aromatic heterocycles. The summed E-state index contributed by atoms with van der Waals surface area (Å²) in [4.78, 5) is 20.8. The third kappa shape index (κ3) is 2.83. The minimum atomic E-state index is -0.957. The predicted molar refractivity (Wildman–Crippen MR) is 90.6 cm³/mol. The molecule has 0 spiro atoms. The Morgan fingerprint density at radius 2 is 2.29 bits per heavy atom. The van der Waals surface area contributed by atoms with Crippen LogP contribution in [0.1, 0.15) is 27.0 Å². The number of nitrogens with one attached hydrogen (secondary N) is 1. The van der Waals surface area contributed by atoms with Crippen molar-refractivity contribution >= 4 is 33.3 Å². The van der Waals surface area contributed by atoms with Crippen LogP contribution >= 0.6 is 11.3 Å². The first kappa shape index (κ1) is 16.3. The van der Waals surface area contributed by atoms with Crippen LogP contribution in [0, 0.1) is 6.92 Å². The van der Waals surface area contributed by atoms with Crippen molar-refractivity contribution in [3.63, 3.8) is 0 Å². The summed E-state index contributed by atoms with van der Waals surface area (Å²) in [7, 11) is 3.48. The summed E-state index contributed by atoms with van der Waals surface area (Å²) in [6.45, 7) is 2.19. The zero-order valence-electron chi connectivity index (χ0n) is 13.5. The smallest absolute Gasteiger partial charge is 0.346 e. The highest BCUT2D eigenvalue weighted by molar-refractivity contribution is 7.20. The molecule has 2 N–H and O–H groups in total. The Morgan fingerprint density at radius 3 is 2.92 bits per heavy atom. The van der Waals surface area contributed by atoms with Gasteiger partial charge in [0.05, 0.1) is 23.7 Å². The van der Waals surface area contributed by atoms with Crippen molar-refractivity contribution in [2.45, 2.75) is 13.0 Å². The Labute approximate surface area is 142 Å². The highest BCUT2D eigenvalue weighted by Crippen LogP contribution is 2.34. The first-order valence-electron chi connectivity index (χ1n) is 7.23. The zero-order valence-corrected chi connectivity index (χ0v) is 14.3. The number of hydrogen-bond acceptors (Lipinski definition) is 7. The minimum absolute atomic E-state index is 0.173. The molecular formula is C15H17N5O3S. The number of rotatable bonds is 6. The summed E-state index contributed by atoms with van der Waals surface area (Å²) in [5.74, 6) is -0.369. The molecule has 0 unspecified atom stereocenters. The van der Waals surface area contributed by atoms with Gasteiger partial charge in [0, 0.05) is 20.4 Å². The fourth-order valence-electron chi connectivity index (χ4n) is 2.64. The summed E-state index contributed by atoms with van der Waals surface area (Å²) >= 11 is 1.15. The van der Waals surface area contributed by atoms with Crippen LogP contribution in [0.4, 0.5) is 5.82 Å². The van der Waals surface area contributed by atoms with Gasteiger partial charge in [0.2, 0.25) is 0 Å². The Kier molecular flexibility index (Phi) is 4.45. The van der Waals surface area contributed by atoms with Gasteiger partial charge < -0.3 is 15.2 Å². The van der Waals surface area contributed by atoms with Crippen LogP contribution < -0.4 is 5.32 Å². The molecule has 0 radical (unpaired) electrons. The van der Waals surface area contributed by atoms with Crippen molar-refractivity contribution < 1.29 is 14.6 Å². The molecule has 24 heavy (non-hydrogen) atoms. The van der Waals surface area contributed by atoms with E-state index >= 15 is 0 Å². The molecule has 8 nitrogen and oxygen atoms in total. The lowest BCUT2D eigenvalue weighted by Crippen LogP contribution is -2.20. The molecule has 0 fully saturated rings. The van der Waals surface area contributed by atoms with Crippen molar-refractivity contribution in [2.75, 3.05) is 19.0 Å². The van der Waals surface area contributed by atoms with Crippen LogP contribution in [0.3, 0.4) is 0 Å². The molecule has 0 saturated heterocycles. The monoisotopic (exact) mass is 347 g/mol. The molecule has 0 aliphatic heterocycles. The van der Waals surface area contributed by atoms with E-state index in [2.05, 4.69) is 20.4 Å². The van der Waals surface area contributed by atoms with Gasteiger partial charge >= 0.3 is 5.97 Å². The van der Waals surface area contributed by atoms with Gasteiger partial charge in [-0.15, -0.1) is 11.3 Å². The Hall–Kier alpha value is -2.52. The number of aryl methyl sites for hydroxylation is 2. The van der Waals surface area contributed by atoms with Gasteiger partial charge in [0.25, 0.3) is 0 Å². The molecule has 3 heterocycles. The number of methoxy groups -OCH3 is 1. The normalized spacial score (nSPS) is 12.5. The predicted octanol–water partition coefficient (Wildman–Crippen LogP) is 2.23. The second-order valence-corrected chi connectivity index (χ2v) is 6.29. The Morgan fingerprint density at radius 1 is 1.50 bits per heavy atom. The molecule has 3 rings (SSSR count). The van der Waals surface area contributed by atoms with E-state index in [-0.39, 0.29) is 10.9 Å². The van der Waals surface area contributed by atoms with E-state index < -0.39 is 5.97 Å². The van der Waals surface area contributed by atoms with Crippen molar-refractivity contribution in [3.05, 3.63) is 34.7 Å². The van der Waals surface area contributed by atoms with Crippen LogP contribution in [0.2, 0.25) is 0 Å². The number of aromatic nitrogens is 4. The maximum absolute atomic E-state index is 11.4. The van der Waals surface area contributed by atoms with Gasteiger partial charge in [0.15, 0.2) is 0 Å². The Balaban J connectivity index is 2.05. The third-order valence-corrected chi connectivity index (χ3v) is 4.97. The number of carboxylic acid groups (broad SMARTS) is 1. The number of hydrogen-bond donors (Lipinski definition) is 2. The van der Waals surface area contributed by atoms with Crippen molar-refractivity contribution in [2.24, 2.45) is 7.05 Å². The molecule has 9 heteroatoms. The molecule has 0 bridgehead atoms. The van der Waals surface area contributed by atoms with E-state index in [1.807, 2.05) is 13.1 Å². The summed E-state index contributed by atoms with van der Waals surface area (Å²) in [5.41, 5.74) is 1.60. The fraction of sp³-hybridized carbons (Fsp3) is 0.333. The van der Waals surface area contributed by atoms with Gasteiger partial charge in [-0.25, -0.2) is 14.8 Å². The largest absolute Gasteiger partial charge is 0.477 e. The van der Waals surface area contributed by atoms with Crippen LogP contribution in [-0.2, 0) is 11.8 Å². The van der Waals surface area contributed by atoms with Crippen molar-refractivity contribution in [1.29, 1.82) is 0 Å². The van der Waals surface area contributed by atoms with E-state index in [0.29, 0.717) is 22.8 Å². The number of carboxylic acids is 1. The van der Waals surface area contributed by atoms with E-state index in [4.69, 9.17) is 4.74 Å².